The Labute approximate surface area is 203 Å². The van der Waals surface area contributed by atoms with E-state index < -0.39 is 0 Å². The second kappa shape index (κ2) is 9.87. The van der Waals surface area contributed by atoms with Crippen molar-refractivity contribution in [1.29, 1.82) is 0 Å². The van der Waals surface area contributed by atoms with Crippen molar-refractivity contribution in [3.8, 4) is 34.3 Å². The lowest BCUT2D eigenvalue weighted by Crippen LogP contribution is -2.43. The van der Waals surface area contributed by atoms with E-state index in [1.165, 1.54) is 31.0 Å². The van der Waals surface area contributed by atoms with Crippen LogP contribution in [0.5, 0.6) is 23.0 Å². The number of carbonyl (C=O) groups is 1. The molecule has 0 spiro atoms. The average Bonchev–Trinajstić information content (AvgIpc) is 3.54. The summed E-state index contributed by atoms with van der Waals surface area (Å²) in [5.41, 5.74) is 1.45. The molecule has 0 bridgehead atoms. The minimum atomic E-state index is -0.326. The summed E-state index contributed by atoms with van der Waals surface area (Å²) in [5, 5.41) is 27.6. The number of amides is 1. The average molecular weight is 479 g/mol. The third kappa shape index (κ3) is 5.19. The Balaban J connectivity index is 1.35. The van der Waals surface area contributed by atoms with Gasteiger partial charge in [-0.1, -0.05) is 5.16 Å². The molecule has 2 aliphatic heterocycles. The number of aromatic nitrogens is 1. The number of carbonyl (C=O) groups excluding carboxylic acids is 1. The molecular weight excluding hydrogens is 448 g/mol. The Kier molecular flexibility index (Phi) is 6.50. The van der Waals surface area contributed by atoms with Crippen LogP contribution >= 0.6 is 0 Å². The number of piperidine rings is 1. The van der Waals surface area contributed by atoms with E-state index >= 15 is 0 Å². The first-order valence-electron chi connectivity index (χ1n) is 12.0. The van der Waals surface area contributed by atoms with Crippen LogP contribution in [0.15, 0.2) is 47.0 Å². The molecule has 0 aliphatic carbocycles. The lowest BCUT2D eigenvalue weighted by Gasteiger charge is -2.29. The Hall–Kier alpha value is -3.72. The fraction of sp³-hybridized carbons (Fsp3) is 0.385. The van der Waals surface area contributed by atoms with E-state index in [4.69, 9.17) is 9.26 Å². The fourth-order valence-corrected chi connectivity index (χ4v) is 4.65. The monoisotopic (exact) mass is 478 g/mol. The number of nitrogens with one attached hydrogen (secondary N) is 1. The van der Waals surface area contributed by atoms with E-state index in [1.54, 1.807) is 0 Å². The molecule has 35 heavy (non-hydrogen) atoms. The number of rotatable bonds is 6. The van der Waals surface area contributed by atoms with E-state index in [-0.39, 0.29) is 46.2 Å². The van der Waals surface area contributed by atoms with Crippen LogP contribution in [0.25, 0.3) is 11.3 Å². The maximum absolute atomic E-state index is 12.7. The number of nitrogens with zero attached hydrogens (tertiary/aromatic N) is 3. The molecule has 0 radical (unpaired) electrons. The smallest absolute Gasteiger partial charge is 0.273 e. The molecule has 1 amide bonds. The van der Waals surface area contributed by atoms with Gasteiger partial charge in [-0.25, -0.2) is 0 Å². The standard InChI is InChI=1S/C26H30N4O5/c1-29-12-8-17(9-13-29)27-26(33)21-16-24(35-28-21)25-22(32)14-19(31)15-23(25)34-20-6-4-18(5-7-20)30-10-2-3-11-30/h4-7,14-17,31-32H,2-3,8-13H2,1H3,(H,27,33). The number of likely N-dealkylation sites (tertiary alicyclic amines) is 1. The summed E-state index contributed by atoms with van der Waals surface area (Å²) in [6.45, 7) is 3.94. The summed E-state index contributed by atoms with van der Waals surface area (Å²) in [4.78, 5) is 17.3. The molecule has 3 aromatic rings. The van der Waals surface area contributed by atoms with Gasteiger partial charge in [-0.3, -0.25) is 4.79 Å². The van der Waals surface area contributed by atoms with Gasteiger partial charge in [0.05, 0.1) is 0 Å². The molecule has 3 N–H and O–H groups in total. The third-order valence-corrected chi connectivity index (χ3v) is 6.64. The van der Waals surface area contributed by atoms with Gasteiger partial charge in [0.25, 0.3) is 5.91 Å². The number of benzene rings is 2. The molecule has 2 saturated heterocycles. The topological polar surface area (TPSA) is 111 Å². The largest absolute Gasteiger partial charge is 0.508 e. The first kappa shape index (κ1) is 23.0. The number of aromatic hydroxyl groups is 2. The highest BCUT2D eigenvalue weighted by Crippen LogP contribution is 2.43. The summed E-state index contributed by atoms with van der Waals surface area (Å²) in [6.07, 6.45) is 4.14. The van der Waals surface area contributed by atoms with Gasteiger partial charge in [0, 0.05) is 43.0 Å². The van der Waals surface area contributed by atoms with E-state index in [1.807, 2.05) is 24.3 Å². The van der Waals surface area contributed by atoms with Crippen molar-refractivity contribution in [2.45, 2.75) is 31.7 Å². The second-order valence-corrected chi connectivity index (χ2v) is 9.26. The first-order chi connectivity index (χ1) is 17.0. The number of hydrogen-bond donors (Lipinski definition) is 3. The minimum Gasteiger partial charge on any atom is -0.508 e. The molecular formula is C26H30N4O5. The van der Waals surface area contributed by atoms with Crippen molar-refractivity contribution in [3.63, 3.8) is 0 Å². The molecule has 9 heteroatoms. The van der Waals surface area contributed by atoms with E-state index in [2.05, 4.69) is 27.3 Å². The van der Waals surface area contributed by atoms with Crippen molar-refractivity contribution < 1.29 is 24.3 Å². The predicted octanol–water partition coefficient (Wildman–Crippen LogP) is 3.97. The Morgan fingerprint density at radius 3 is 2.49 bits per heavy atom. The number of ether oxygens (including phenoxy) is 1. The number of phenolic OH excluding ortho intramolecular Hbond substituents is 2. The second-order valence-electron chi connectivity index (χ2n) is 9.26. The molecule has 2 fully saturated rings. The molecule has 3 heterocycles. The molecule has 184 valence electrons. The van der Waals surface area contributed by atoms with Crippen molar-refractivity contribution in [3.05, 3.63) is 48.2 Å². The molecule has 0 saturated carbocycles. The van der Waals surface area contributed by atoms with Crippen molar-refractivity contribution >= 4 is 11.6 Å². The van der Waals surface area contributed by atoms with Gasteiger partial charge in [-0.2, -0.15) is 0 Å². The molecule has 2 aliphatic rings. The van der Waals surface area contributed by atoms with E-state index in [0.29, 0.717) is 5.75 Å². The molecule has 5 rings (SSSR count). The van der Waals surface area contributed by atoms with E-state index in [0.717, 1.165) is 44.7 Å². The summed E-state index contributed by atoms with van der Waals surface area (Å²) in [6, 6.07) is 11.8. The van der Waals surface area contributed by atoms with Crippen LogP contribution in [0.2, 0.25) is 0 Å². The number of phenols is 2. The lowest BCUT2D eigenvalue weighted by atomic mass is 10.1. The zero-order valence-electron chi connectivity index (χ0n) is 19.7. The molecule has 2 aromatic carbocycles. The third-order valence-electron chi connectivity index (χ3n) is 6.64. The maximum Gasteiger partial charge on any atom is 0.273 e. The summed E-state index contributed by atoms with van der Waals surface area (Å²) < 4.78 is 11.4. The Morgan fingerprint density at radius 1 is 1.06 bits per heavy atom. The summed E-state index contributed by atoms with van der Waals surface area (Å²) in [7, 11) is 2.06. The normalized spacial score (nSPS) is 17.0. The van der Waals surface area contributed by atoms with Crippen LogP contribution in [0.1, 0.15) is 36.2 Å². The lowest BCUT2D eigenvalue weighted by molar-refractivity contribution is 0.0908. The maximum atomic E-state index is 12.7. The van der Waals surface area contributed by atoms with Gasteiger partial charge in [0.2, 0.25) is 0 Å². The zero-order valence-corrected chi connectivity index (χ0v) is 19.7. The van der Waals surface area contributed by atoms with Crippen molar-refractivity contribution in [1.82, 2.24) is 15.4 Å². The Bertz CT molecular complexity index is 1180. The predicted molar refractivity (Wildman–Crippen MR) is 131 cm³/mol. The van der Waals surface area contributed by atoms with Crippen LogP contribution in [0.4, 0.5) is 5.69 Å². The molecule has 0 atom stereocenters. The highest BCUT2D eigenvalue weighted by atomic mass is 16.5. The molecule has 0 unspecified atom stereocenters. The van der Waals surface area contributed by atoms with Gasteiger partial charge in [0.1, 0.15) is 28.6 Å². The zero-order chi connectivity index (χ0) is 24.4. The van der Waals surface area contributed by atoms with Crippen LogP contribution in [-0.4, -0.2) is 65.4 Å². The van der Waals surface area contributed by atoms with Gasteiger partial charge in [0.15, 0.2) is 11.5 Å². The quantitative estimate of drug-likeness (QED) is 0.488. The van der Waals surface area contributed by atoms with Crippen LogP contribution in [-0.2, 0) is 0 Å². The highest BCUT2D eigenvalue weighted by molar-refractivity contribution is 5.93. The Morgan fingerprint density at radius 2 is 1.77 bits per heavy atom. The van der Waals surface area contributed by atoms with Crippen LogP contribution < -0.4 is 15.0 Å². The SMILES string of the molecule is CN1CCC(NC(=O)c2cc(-c3c(O)cc(O)cc3Oc3ccc(N4CCCC4)cc3)on2)CC1. The fourth-order valence-electron chi connectivity index (χ4n) is 4.65. The first-order valence-corrected chi connectivity index (χ1v) is 12.0. The van der Waals surface area contributed by atoms with Gasteiger partial charge in [-0.05, 0) is 70.1 Å². The van der Waals surface area contributed by atoms with Gasteiger partial charge in [-0.15, -0.1) is 0 Å². The molecule has 1 aromatic heterocycles. The van der Waals surface area contributed by atoms with Gasteiger partial charge < -0.3 is 34.6 Å². The molecule has 9 nitrogen and oxygen atoms in total. The van der Waals surface area contributed by atoms with Crippen LogP contribution in [0.3, 0.4) is 0 Å². The van der Waals surface area contributed by atoms with Crippen LogP contribution in [0, 0.1) is 0 Å². The number of hydrogen-bond acceptors (Lipinski definition) is 8. The highest BCUT2D eigenvalue weighted by Gasteiger charge is 2.24. The minimum absolute atomic E-state index is 0.0864. The van der Waals surface area contributed by atoms with E-state index in [9.17, 15) is 15.0 Å². The van der Waals surface area contributed by atoms with Crippen molar-refractivity contribution in [2.75, 3.05) is 38.1 Å². The summed E-state index contributed by atoms with van der Waals surface area (Å²) in [5.74, 6) is 0.170. The van der Waals surface area contributed by atoms with Gasteiger partial charge >= 0.3 is 0 Å². The number of anilines is 1. The summed E-state index contributed by atoms with van der Waals surface area (Å²) >= 11 is 0. The van der Waals surface area contributed by atoms with Crippen molar-refractivity contribution in [2.24, 2.45) is 0 Å².